The van der Waals surface area contributed by atoms with Crippen LogP contribution in [0.1, 0.15) is 23.1 Å². The number of halogens is 1. The monoisotopic (exact) mass is 441 g/mol. The van der Waals surface area contributed by atoms with Gasteiger partial charge in [-0.2, -0.15) is 0 Å². The number of nitrogens with zero attached hydrogens (tertiary/aromatic N) is 2. The molecule has 30 heavy (non-hydrogen) atoms. The number of thioether (sulfide) groups is 1. The van der Waals surface area contributed by atoms with Crippen LogP contribution in [0.2, 0.25) is 5.02 Å². The maximum absolute atomic E-state index is 12.9. The van der Waals surface area contributed by atoms with Crippen LogP contribution in [0.3, 0.4) is 0 Å². The van der Waals surface area contributed by atoms with Gasteiger partial charge in [-0.25, -0.2) is 4.99 Å². The molecule has 0 radical (unpaired) electrons. The molecule has 2 aromatic carbocycles. The molecule has 3 rings (SSSR count). The van der Waals surface area contributed by atoms with Crippen molar-refractivity contribution in [2.24, 2.45) is 4.99 Å². The van der Waals surface area contributed by atoms with E-state index in [-0.39, 0.29) is 18.2 Å². The Morgan fingerprint density at radius 2 is 1.97 bits per heavy atom. The van der Waals surface area contributed by atoms with Crippen LogP contribution in [0.5, 0.6) is 0 Å². The SMILES string of the molecule is C=CCN1C(=O)C(CC(=O)Nc2cc(C)ccc2C)SC1=Nc1cc(Cl)ccc1C. The maximum atomic E-state index is 12.9. The van der Waals surface area contributed by atoms with E-state index in [2.05, 4.69) is 16.9 Å². The molecule has 0 aliphatic carbocycles. The first-order valence-electron chi connectivity index (χ1n) is 9.59. The molecule has 0 saturated carbocycles. The summed E-state index contributed by atoms with van der Waals surface area (Å²) in [5, 5.41) is 3.52. The lowest BCUT2D eigenvalue weighted by Crippen LogP contribution is -2.33. The van der Waals surface area contributed by atoms with Crippen LogP contribution < -0.4 is 5.32 Å². The molecule has 1 aliphatic rings. The molecule has 0 bridgehead atoms. The van der Waals surface area contributed by atoms with Crippen LogP contribution in [0.15, 0.2) is 54.0 Å². The average Bonchev–Trinajstić information content (AvgIpc) is 2.96. The second kappa shape index (κ2) is 9.49. The topological polar surface area (TPSA) is 61.8 Å². The molecule has 156 valence electrons. The summed E-state index contributed by atoms with van der Waals surface area (Å²) >= 11 is 7.40. The number of rotatable bonds is 6. The van der Waals surface area contributed by atoms with Gasteiger partial charge in [0, 0.05) is 23.7 Å². The first-order chi connectivity index (χ1) is 14.3. The highest BCUT2D eigenvalue weighted by molar-refractivity contribution is 8.15. The Morgan fingerprint density at radius 3 is 2.70 bits per heavy atom. The summed E-state index contributed by atoms with van der Waals surface area (Å²) in [6.07, 6.45) is 1.72. The molecular weight excluding hydrogens is 418 g/mol. The quantitative estimate of drug-likeness (QED) is 0.609. The van der Waals surface area contributed by atoms with Gasteiger partial charge >= 0.3 is 0 Å². The Hall–Kier alpha value is -2.57. The van der Waals surface area contributed by atoms with E-state index >= 15 is 0 Å². The van der Waals surface area contributed by atoms with E-state index in [0.717, 1.165) is 22.4 Å². The molecule has 1 saturated heterocycles. The molecule has 1 heterocycles. The summed E-state index contributed by atoms with van der Waals surface area (Å²) in [4.78, 5) is 31.8. The second-order valence-corrected chi connectivity index (χ2v) is 8.85. The molecule has 1 aliphatic heterocycles. The van der Waals surface area contributed by atoms with E-state index in [9.17, 15) is 9.59 Å². The standard InChI is InChI=1S/C23H24ClN3O2S/c1-5-10-27-22(29)20(13-21(28)25-18-11-14(2)6-7-15(18)3)30-23(27)26-19-12-17(24)9-8-16(19)4/h5-9,11-12,20H,1,10,13H2,2-4H3,(H,25,28). The van der Waals surface area contributed by atoms with Gasteiger partial charge in [-0.15, -0.1) is 6.58 Å². The van der Waals surface area contributed by atoms with Crippen LogP contribution in [0, 0.1) is 20.8 Å². The van der Waals surface area contributed by atoms with Crippen molar-refractivity contribution in [2.75, 3.05) is 11.9 Å². The van der Waals surface area contributed by atoms with Crippen LogP contribution in [-0.4, -0.2) is 33.7 Å². The fourth-order valence-corrected chi connectivity index (χ4v) is 4.39. The number of amides is 2. The second-order valence-electron chi connectivity index (χ2n) is 7.24. The Balaban J connectivity index is 1.79. The summed E-state index contributed by atoms with van der Waals surface area (Å²) in [6.45, 7) is 9.91. The summed E-state index contributed by atoms with van der Waals surface area (Å²) in [6, 6.07) is 11.3. The van der Waals surface area contributed by atoms with E-state index in [1.807, 2.05) is 45.0 Å². The number of amidine groups is 1. The number of anilines is 1. The minimum atomic E-state index is -0.534. The highest BCUT2D eigenvalue weighted by Gasteiger charge is 2.38. The zero-order chi connectivity index (χ0) is 21.8. The first kappa shape index (κ1) is 22.1. The number of carbonyl (C=O) groups is 2. The Bertz CT molecular complexity index is 1040. The highest BCUT2D eigenvalue weighted by atomic mass is 35.5. The Kier molecular flexibility index (Phi) is 7.00. The van der Waals surface area contributed by atoms with Gasteiger partial charge in [0.1, 0.15) is 5.25 Å². The van der Waals surface area contributed by atoms with Crippen molar-refractivity contribution >= 4 is 51.7 Å². The van der Waals surface area contributed by atoms with Gasteiger partial charge in [-0.05, 0) is 55.7 Å². The molecule has 1 fully saturated rings. The number of aryl methyl sites for hydroxylation is 3. The molecule has 1 unspecified atom stereocenters. The van der Waals surface area contributed by atoms with Crippen LogP contribution in [0.4, 0.5) is 11.4 Å². The summed E-state index contributed by atoms with van der Waals surface area (Å²) in [5.74, 6) is -0.345. The number of hydrogen-bond acceptors (Lipinski definition) is 4. The van der Waals surface area contributed by atoms with Crippen LogP contribution in [-0.2, 0) is 9.59 Å². The van der Waals surface area contributed by atoms with Crippen molar-refractivity contribution < 1.29 is 9.59 Å². The van der Waals surface area contributed by atoms with Gasteiger partial charge in [-0.1, -0.05) is 47.6 Å². The van der Waals surface area contributed by atoms with Crippen molar-refractivity contribution in [3.05, 3.63) is 70.8 Å². The fraction of sp³-hybridized carbons (Fsp3) is 0.261. The molecule has 5 nitrogen and oxygen atoms in total. The van der Waals surface area contributed by atoms with E-state index in [1.54, 1.807) is 23.1 Å². The molecule has 0 spiro atoms. The lowest BCUT2D eigenvalue weighted by atomic mass is 10.1. The zero-order valence-corrected chi connectivity index (χ0v) is 18.8. The highest BCUT2D eigenvalue weighted by Crippen LogP contribution is 2.33. The largest absolute Gasteiger partial charge is 0.326 e. The van der Waals surface area contributed by atoms with Crippen molar-refractivity contribution in [2.45, 2.75) is 32.4 Å². The molecule has 2 amide bonds. The normalized spacial score (nSPS) is 17.5. The minimum Gasteiger partial charge on any atom is -0.326 e. The third-order valence-electron chi connectivity index (χ3n) is 4.76. The smallest absolute Gasteiger partial charge is 0.242 e. The molecule has 2 aromatic rings. The van der Waals surface area contributed by atoms with Crippen LogP contribution in [0.25, 0.3) is 0 Å². The van der Waals surface area contributed by atoms with E-state index < -0.39 is 5.25 Å². The first-order valence-corrected chi connectivity index (χ1v) is 10.8. The summed E-state index contributed by atoms with van der Waals surface area (Å²) in [5.41, 5.74) is 4.46. The van der Waals surface area contributed by atoms with Crippen molar-refractivity contribution in [1.29, 1.82) is 0 Å². The molecule has 1 atom stereocenters. The number of benzene rings is 2. The van der Waals surface area contributed by atoms with E-state index in [1.165, 1.54) is 11.8 Å². The van der Waals surface area contributed by atoms with Gasteiger partial charge in [0.25, 0.3) is 0 Å². The number of aliphatic imine (C=N–C) groups is 1. The van der Waals surface area contributed by atoms with Crippen LogP contribution >= 0.6 is 23.4 Å². The third kappa shape index (κ3) is 5.12. The lowest BCUT2D eigenvalue weighted by molar-refractivity contribution is -0.127. The third-order valence-corrected chi connectivity index (χ3v) is 6.17. The molecular formula is C23H24ClN3O2S. The Morgan fingerprint density at radius 1 is 1.23 bits per heavy atom. The number of nitrogens with one attached hydrogen (secondary N) is 1. The van der Waals surface area contributed by atoms with Gasteiger partial charge in [0.05, 0.1) is 5.69 Å². The van der Waals surface area contributed by atoms with Gasteiger partial charge in [-0.3, -0.25) is 14.5 Å². The van der Waals surface area contributed by atoms with Crippen molar-refractivity contribution in [3.63, 3.8) is 0 Å². The zero-order valence-electron chi connectivity index (χ0n) is 17.2. The number of hydrogen-bond donors (Lipinski definition) is 1. The minimum absolute atomic E-state index is 0.0675. The van der Waals surface area contributed by atoms with Gasteiger partial charge < -0.3 is 5.32 Å². The summed E-state index contributed by atoms with van der Waals surface area (Å²) < 4.78 is 0. The number of carbonyl (C=O) groups excluding carboxylic acids is 2. The van der Waals surface area contributed by atoms with E-state index in [4.69, 9.17) is 11.6 Å². The van der Waals surface area contributed by atoms with Gasteiger partial charge in [0.15, 0.2) is 5.17 Å². The van der Waals surface area contributed by atoms with Gasteiger partial charge in [0.2, 0.25) is 11.8 Å². The van der Waals surface area contributed by atoms with E-state index in [0.29, 0.717) is 22.4 Å². The predicted molar refractivity (Wildman–Crippen MR) is 126 cm³/mol. The average molecular weight is 442 g/mol. The van der Waals surface area contributed by atoms with Crippen molar-refractivity contribution in [3.8, 4) is 0 Å². The lowest BCUT2D eigenvalue weighted by Gasteiger charge is -2.14. The van der Waals surface area contributed by atoms with Crippen molar-refractivity contribution in [1.82, 2.24) is 4.90 Å². The molecule has 1 N–H and O–H groups in total. The fourth-order valence-electron chi connectivity index (χ4n) is 3.07. The Labute approximate surface area is 186 Å². The molecule has 7 heteroatoms. The summed E-state index contributed by atoms with van der Waals surface area (Å²) in [7, 11) is 0. The predicted octanol–water partition coefficient (Wildman–Crippen LogP) is 5.41. The molecule has 0 aromatic heterocycles. The maximum Gasteiger partial charge on any atom is 0.242 e.